The maximum Gasteiger partial charge on any atom is 0.237 e. The van der Waals surface area contributed by atoms with Crippen molar-refractivity contribution in [3.8, 4) is 23.7 Å². The van der Waals surface area contributed by atoms with Crippen LogP contribution in [0.5, 0.6) is 0 Å². The Bertz CT molecular complexity index is 442. The van der Waals surface area contributed by atoms with E-state index < -0.39 is 0 Å². The third kappa shape index (κ3) is 5.78. The van der Waals surface area contributed by atoms with Crippen LogP contribution in [0.3, 0.4) is 0 Å². The summed E-state index contributed by atoms with van der Waals surface area (Å²) >= 11 is 0. The summed E-state index contributed by atoms with van der Waals surface area (Å²) in [6.45, 7) is 2.74. The van der Waals surface area contributed by atoms with Crippen LogP contribution in [0.15, 0.2) is 0 Å². The summed E-state index contributed by atoms with van der Waals surface area (Å²) in [5.41, 5.74) is 0. The highest BCUT2D eigenvalue weighted by Gasteiger charge is 2.36. The van der Waals surface area contributed by atoms with Crippen molar-refractivity contribution < 1.29 is 14.3 Å². The minimum Gasteiger partial charge on any atom is -0.369 e. The van der Waals surface area contributed by atoms with Gasteiger partial charge in [-0.25, -0.2) is 0 Å². The zero-order valence-electron chi connectivity index (χ0n) is 12.1. The van der Waals surface area contributed by atoms with Crippen molar-refractivity contribution in [1.29, 1.82) is 0 Å². The van der Waals surface area contributed by atoms with E-state index >= 15 is 0 Å². The van der Waals surface area contributed by atoms with Gasteiger partial charge in [0.1, 0.15) is 0 Å². The van der Waals surface area contributed by atoms with Gasteiger partial charge in [-0.1, -0.05) is 44.9 Å². The summed E-state index contributed by atoms with van der Waals surface area (Å²) in [6.07, 6.45) is 8.81. The molecule has 2 rings (SSSR count). The van der Waals surface area contributed by atoms with Crippen LogP contribution < -0.4 is 0 Å². The van der Waals surface area contributed by atoms with Gasteiger partial charge in [0.15, 0.2) is 6.10 Å². The number of Topliss-reactive ketones (excluding diaryl/α,β-unsaturated/α-hetero) is 1. The molecule has 2 heterocycles. The molecule has 2 fully saturated rings. The first-order valence-electron chi connectivity index (χ1n) is 7.61. The second-order valence-electron chi connectivity index (χ2n) is 5.36. The average molecular weight is 274 g/mol. The Hall–Kier alpha value is -1.29. The molecule has 0 aliphatic carbocycles. The number of carbonyl (C=O) groups excluding carboxylic acids is 1. The lowest BCUT2D eigenvalue weighted by Gasteiger charge is -1.96. The van der Waals surface area contributed by atoms with Crippen LogP contribution in [0.2, 0.25) is 0 Å². The van der Waals surface area contributed by atoms with Crippen molar-refractivity contribution in [3.63, 3.8) is 0 Å². The number of ketones is 1. The van der Waals surface area contributed by atoms with E-state index in [4.69, 9.17) is 9.47 Å². The molecule has 0 radical (unpaired) electrons. The minimum absolute atomic E-state index is 0.160. The van der Waals surface area contributed by atoms with E-state index in [-0.39, 0.29) is 18.0 Å². The van der Waals surface area contributed by atoms with Gasteiger partial charge in [-0.3, -0.25) is 4.79 Å². The molecule has 3 unspecified atom stereocenters. The molecule has 3 heteroatoms. The fourth-order valence-electron chi connectivity index (χ4n) is 2.13. The van der Waals surface area contributed by atoms with Crippen LogP contribution in [0.25, 0.3) is 0 Å². The summed E-state index contributed by atoms with van der Waals surface area (Å²) in [6, 6.07) is 0. The fourth-order valence-corrected chi connectivity index (χ4v) is 2.13. The molecule has 2 aliphatic heterocycles. The Morgan fingerprint density at radius 2 is 1.95 bits per heavy atom. The number of epoxide rings is 2. The second-order valence-corrected chi connectivity index (χ2v) is 5.36. The number of hydrogen-bond acceptors (Lipinski definition) is 3. The van der Waals surface area contributed by atoms with Gasteiger partial charge in [-0.05, 0) is 24.2 Å². The predicted octanol–water partition coefficient (Wildman–Crippen LogP) is 2.48. The lowest BCUT2D eigenvalue weighted by Crippen LogP contribution is -2.01. The number of unbranched alkanes of at least 4 members (excludes halogenated alkanes) is 4. The van der Waals surface area contributed by atoms with E-state index in [9.17, 15) is 4.79 Å². The molecule has 0 spiro atoms. The van der Waals surface area contributed by atoms with Gasteiger partial charge in [0, 0.05) is 6.42 Å². The molecular weight excluding hydrogens is 252 g/mol. The van der Waals surface area contributed by atoms with E-state index in [2.05, 4.69) is 30.6 Å². The van der Waals surface area contributed by atoms with E-state index in [0.29, 0.717) is 12.7 Å². The molecule has 3 atom stereocenters. The molecule has 0 bridgehead atoms. The van der Waals surface area contributed by atoms with Crippen LogP contribution in [-0.2, 0) is 14.3 Å². The van der Waals surface area contributed by atoms with Crippen LogP contribution >= 0.6 is 0 Å². The van der Waals surface area contributed by atoms with Crippen molar-refractivity contribution in [2.75, 3.05) is 6.61 Å². The molecule has 0 N–H and O–H groups in total. The first-order valence-corrected chi connectivity index (χ1v) is 7.61. The molecule has 0 amide bonds. The minimum atomic E-state index is -0.284. The maximum atomic E-state index is 11.2. The second kappa shape index (κ2) is 8.10. The average Bonchev–Trinajstić information content (AvgIpc) is 3.33. The van der Waals surface area contributed by atoms with Gasteiger partial charge in [-0.15, -0.1) is 0 Å². The van der Waals surface area contributed by atoms with Gasteiger partial charge < -0.3 is 9.47 Å². The highest BCUT2D eigenvalue weighted by molar-refractivity contribution is 6.00. The summed E-state index contributed by atoms with van der Waals surface area (Å²) in [5.74, 6) is 10.6. The Labute approximate surface area is 121 Å². The Balaban J connectivity index is 1.50. The van der Waals surface area contributed by atoms with Crippen molar-refractivity contribution in [1.82, 2.24) is 0 Å². The quantitative estimate of drug-likeness (QED) is 0.295. The number of rotatable bonds is 8. The van der Waals surface area contributed by atoms with Gasteiger partial charge in [-0.2, -0.15) is 0 Å². The lowest BCUT2D eigenvalue weighted by molar-refractivity contribution is -0.114. The Morgan fingerprint density at radius 3 is 2.70 bits per heavy atom. The number of carbonyl (C=O) groups is 1. The zero-order valence-corrected chi connectivity index (χ0v) is 12.1. The molecule has 20 heavy (non-hydrogen) atoms. The number of hydrogen-bond donors (Lipinski definition) is 0. The van der Waals surface area contributed by atoms with E-state index in [1.165, 1.54) is 32.1 Å². The van der Waals surface area contributed by atoms with Crippen LogP contribution in [-0.4, -0.2) is 30.7 Å². The third-order valence-corrected chi connectivity index (χ3v) is 3.55. The highest BCUT2D eigenvalue weighted by Crippen LogP contribution is 2.29. The molecule has 0 aromatic rings. The molecule has 2 saturated heterocycles. The molecule has 3 nitrogen and oxygen atoms in total. The standard InChI is InChI=1S/C17H22O3/c1-2-3-4-5-8-11-15-16(20-15)12-9-6-7-10-14(18)17-13-19-17/h15-17H,2-5,8,11-13H2,1H3. The summed E-state index contributed by atoms with van der Waals surface area (Å²) in [7, 11) is 0. The highest BCUT2D eigenvalue weighted by atomic mass is 16.6. The third-order valence-electron chi connectivity index (χ3n) is 3.55. The number of ether oxygens (including phenoxy) is 2. The molecule has 108 valence electrons. The first kappa shape index (κ1) is 15.1. The largest absolute Gasteiger partial charge is 0.369 e. The van der Waals surface area contributed by atoms with Gasteiger partial charge >= 0.3 is 0 Å². The van der Waals surface area contributed by atoms with Crippen molar-refractivity contribution >= 4 is 5.78 Å². The van der Waals surface area contributed by atoms with E-state index in [1.807, 2.05) is 0 Å². The van der Waals surface area contributed by atoms with Gasteiger partial charge in [0.2, 0.25) is 5.78 Å². The molecule has 0 aromatic heterocycles. The van der Waals surface area contributed by atoms with Crippen molar-refractivity contribution in [2.45, 2.75) is 70.2 Å². The zero-order chi connectivity index (χ0) is 14.2. The van der Waals surface area contributed by atoms with E-state index in [1.54, 1.807) is 0 Å². The monoisotopic (exact) mass is 274 g/mol. The van der Waals surface area contributed by atoms with Crippen LogP contribution in [0.4, 0.5) is 0 Å². The molecular formula is C17H22O3. The first-order chi connectivity index (χ1) is 9.81. The van der Waals surface area contributed by atoms with Crippen molar-refractivity contribution in [3.05, 3.63) is 0 Å². The van der Waals surface area contributed by atoms with Gasteiger partial charge in [0.25, 0.3) is 0 Å². The molecule has 0 aromatic carbocycles. The maximum absolute atomic E-state index is 11.2. The Kier molecular flexibility index (Phi) is 6.12. The van der Waals surface area contributed by atoms with Crippen LogP contribution in [0.1, 0.15) is 51.9 Å². The fraction of sp³-hybridized carbons (Fsp3) is 0.706. The summed E-state index contributed by atoms with van der Waals surface area (Å²) in [4.78, 5) is 11.2. The summed E-state index contributed by atoms with van der Waals surface area (Å²) < 4.78 is 10.4. The SMILES string of the molecule is CCCCCCCC1OC1CC#CC#CC(=O)C1CO1. The summed E-state index contributed by atoms with van der Waals surface area (Å²) in [5, 5.41) is 0. The normalized spacial score (nSPS) is 25.9. The smallest absolute Gasteiger partial charge is 0.237 e. The Morgan fingerprint density at radius 1 is 1.15 bits per heavy atom. The molecule has 2 aliphatic rings. The van der Waals surface area contributed by atoms with Crippen molar-refractivity contribution in [2.24, 2.45) is 0 Å². The van der Waals surface area contributed by atoms with E-state index in [0.717, 1.165) is 12.8 Å². The molecule has 0 saturated carbocycles. The topological polar surface area (TPSA) is 42.1 Å². The lowest BCUT2D eigenvalue weighted by atomic mass is 10.1. The van der Waals surface area contributed by atoms with Crippen LogP contribution in [0, 0.1) is 23.7 Å². The van der Waals surface area contributed by atoms with Gasteiger partial charge in [0.05, 0.1) is 18.8 Å². The predicted molar refractivity (Wildman–Crippen MR) is 77.0 cm³/mol.